The molecule has 3 rings (SSSR count). The van der Waals surface area contributed by atoms with Crippen LogP contribution in [0.25, 0.3) is 0 Å². The Balaban J connectivity index is 1.70. The Morgan fingerprint density at radius 1 is 1.47 bits per heavy atom. The van der Waals surface area contributed by atoms with Gasteiger partial charge in [0.2, 0.25) is 5.91 Å². The van der Waals surface area contributed by atoms with Crippen LogP contribution >= 0.6 is 0 Å². The van der Waals surface area contributed by atoms with Crippen molar-refractivity contribution in [3.8, 4) is 0 Å². The van der Waals surface area contributed by atoms with Gasteiger partial charge in [-0.05, 0) is 19.8 Å². The lowest BCUT2D eigenvalue weighted by Gasteiger charge is -2.41. The Hall–Kier alpha value is -1.30. The number of hydrogen-bond donors (Lipinski definition) is 2. The summed E-state index contributed by atoms with van der Waals surface area (Å²) in [6.45, 7) is 4.54. The zero-order valence-corrected chi connectivity index (χ0v) is 11.4. The third-order valence-electron chi connectivity index (χ3n) is 5.04. The molecular formula is C13H22N4O2. The average Bonchev–Trinajstić information content (AvgIpc) is 2.94. The first-order valence-corrected chi connectivity index (χ1v) is 7.12. The number of nitrogens with one attached hydrogen (secondary N) is 1. The third kappa shape index (κ3) is 1.89. The molecule has 0 radical (unpaired) electrons. The zero-order valence-electron chi connectivity index (χ0n) is 11.4. The maximum Gasteiger partial charge on any atom is 0.317 e. The van der Waals surface area contributed by atoms with E-state index < -0.39 is 5.41 Å². The number of piperazine rings is 1. The van der Waals surface area contributed by atoms with Gasteiger partial charge in [0.05, 0.1) is 11.5 Å². The van der Waals surface area contributed by atoms with Crippen molar-refractivity contribution in [2.24, 2.45) is 11.1 Å². The smallest absolute Gasteiger partial charge is 0.317 e. The van der Waals surface area contributed by atoms with Gasteiger partial charge in [-0.25, -0.2) is 4.79 Å². The van der Waals surface area contributed by atoms with Gasteiger partial charge >= 0.3 is 6.03 Å². The maximum atomic E-state index is 12.7. The van der Waals surface area contributed by atoms with E-state index in [0.29, 0.717) is 26.2 Å². The highest BCUT2D eigenvalue weighted by molar-refractivity contribution is 5.84. The monoisotopic (exact) mass is 266 g/mol. The lowest BCUT2D eigenvalue weighted by atomic mass is 9.83. The van der Waals surface area contributed by atoms with Crippen molar-refractivity contribution in [2.75, 3.05) is 26.2 Å². The molecule has 19 heavy (non-hydrogen) atoms. The third-order valence-corrected chi connectivity index (χ3v) is 5.04. The second-order valence-corrected chi connectivity index (χ2v) is 6.20. The summed E-state index contributed by atoms with van der Waals surface area (Å²) in [6, 6.07) is 0.105. The van der Waals surface area contributed by atoms with Crippen LogP contribution in [-0.2, 0) is 4.79 Å². The minimum Gasteiger partial charge on any atom is -0.338 e. The van der Waals surface area contributed by atoms with Gasteiger partial charge in [-0.3, -0.25) is 4.79 Å². The number of urea groups is 1. The van der Waals surface area contributed by atoms with Gasteiger partial charge < -0.3 is 20.9 Å². The van der Waals surface area contributed by atoms with Gasteiger partial charge in [-0.1, -0.05) is 6.42 Å². The molecule has 0 aromatic rings. The molecule has 2 aliphatic heterocycles. The van der Waals surface area contributed by atoms with Crippen molar-refractivity contribution in [1.29, 1.82) is 0 Å². The van der Waals surface area contributed by atoms with Crippen LogP contribution in [0.1, 0.15) is 26.2 Å². The quantitative estimate of drug-likeness (QED) is 0.686. The second kappa shape index (κ2) is 4.37. The molecule has 1 saturated carbocycles. The molecule has 6 heteroatoms. The van der Waals surface area contributed by atoms with Crippen molar-refractivity contribution in [2.45, 2.75) is 38.3 Å². The van der Waals surface area contributed by atoms with Crippen molar-refractivity contribution in [1.82, 2.24) is 15.1 Å². The summed E-state index contributed by atoms with van der Waals surface area (Å²) in [5.74, 6) is 0.177. The van der Waals surface area contributed by atoms with Crippen molar-refractivity contribution < 1.29 is 9.59 Å². The second-order valence-electron chi connectivity index (χ2n) is 6.20. The van der Waals surface area contributed by atoms with Crippen LogP contribution in [0.3, 0.4) is 0 Å². The first-order chi connectivity index (χ1) is 9.02. The highest BCUT2D eigenvalue weighted by atomic mass is 16.2. The number of nitrogens with two attached hydrogens (primary N) is 1. The van der Waals surface area contributed by atoms with Gasteiger partial charge in [0.25, 0.3) is 0 Å². The molecule has 0 spiro atoms. The van der Waals surface area contributed by atoms with Crippen LogP contribution in [0.15, 0.2) is 0 Å². The first-order valence-electron chi connectivity index (χ1n) is 7.12. The normalized spacial score (nSPS) is 38.3. The lowest BCUT2D eigenvalue weighted by molar-refractivity contribution is -0.143. The predicted octanol–water partition coefficient (Wildman–Crippen LogP) is -0.260. The molecule has 0 aromatic carbocycles. The number of amides is 3. The van der Waals surface area contributed by atoms with Gasteiger partial charge in [-0.15, -0.1) is 0 Å². The number of carbonyl (C=O) groups excluding carboxylic acids is 2. The Kier molecular flexibility index (Phi) is 2.92. The minimum atomic E-state index is -0.405. The highest BCUT2D eigenvalue weighted by Crippen LogP contribution is 2.38. The summed E-state index contributed by atoms with van der Waals surface area (Å²) >= 11 is 0. The fourth-order valence-electron chi connectivity index (χ4n) is 3.61. The number of fused-ring (bicyclic) bond motifs is 1. The first kappa shape index (κ1) is 12.7. The molecule has 0 aromatic heterocycles. The topological polar surface area (TPSA) is 78.7 Å². The number of nitrogens with zero attached hydrogens (tertiary/aromatic N) is 2. The molecule has 1 aliphatic carbocycles. The molecule has 6 nitrogen and oxygen atoms in total. The van der Waals surface area contributed by atoms with Crippen LogP contribution in [0, 0.1) is 5.41 Å². The van der Waals surface area contributed by atoms with Crippen LogP contribution in [0.2, 0.25) is 0 Å². The molecule has 2 saturated heterocycles. The summed E-state index contributed by atoms with van der Waals surface area (Å²) in [4.78, 5) is 28.0. The van der Waals surface area contributed by atoms with E-state index in [0.717, 1.165) is 19.3 Å². The zero-order chi connectivity index (χ0) is 13.6. The van der Waals surface area contributed by atoms with E-state index >= 15 is 0 Å². The maximum absolute atomic E-state index is 12.7. The Morgan fingerprint density at radius 3 is 2.95 bits per heavy atom. The Bertz CT molecular complexity index is 413. The highest BCUT2D eigenvalue weighted by Gasteiger charge is 2.47. The minimum absolute atomic E-state index is 0.000813. The number of carbonyl (C=O) groups is 2. The molecule has 0 bridgehead atoms. The summed E-state index contributed by atoms with van der Waals surface area (Å²) in [6.07, 6.45) is 2.85. The van der Waals surface area contributed by atoms with Crippen LogP contribution in [-0.4, -0.2) is 60.0 Å². The number of rotatable bonds is 1. The van der Waals surface area contributed by atoms with Crippen molar-refractivity contribution in [3.63, 3.8) is 0 Å². The van der Waals surface area contributed by atoms with E-state index in [1.807, 2.05) is 16.7 Å². The molecule has 3 N–H and O–H groups in total. The van der Waals surface area contributed by atoms with Crippen molar-refractivity contribution >= 4 is 11.9 Å². The SMILES string of the molecule is CC1(C(=O)N2CCN3C(=O)NCC3C2)CCCC1N. The molecule has 3 atom stereocenters. The van der Waals surface area contributed by atoms with Crippen LogP contribution < -0.4 is 11.1 Å². The van der Waals surface area contributed by atoms with Gasteiger partial charge in [0, 0.05) is 32.2 Å². The standard InChI is InChI=1S/C13H22N4O2/c1-13(4-2-3-10(13)14)11(18)16-5-6-17-9(8-16)7-15-12(17)19/h9-10H,2-8,14H2,1H3,(H,15,19). The van der Waals surface area contributed by atoms with E-state index in [2.05, 4.69) is 5.32 Å². The Morgan fingerprint density at radius 2 is 2.26 bits per heavy atom. The molecule has 3 unspecified atom stereocenters. The molecule has 2 heterocycles. The van der Waals surface area contributed by atoms with Gasteiger partial charge in [-0.2, -0.15) is 0 Å². The molecule has 3 aliphatic rings. The van der Waals surface area contributed by atoms with Gasteiger partial charge in [0.15, 0.2) is 0 Å². The van der Waals surface area contributed by atoms with E-state index in [1.54, 1.807) is 0 Å². The number of hydrogen-bond acceptors (Lipinski definition) is 3. The van der Waals surface area contributed by atoms with E-state index in [-0.39, 0.29) is 24.0 Å². The summed E-state index contributed by atoms with van der Waals surface area (Å²) in [5, 5.41) is 2.83. The fourth-order valence-corrected chi connectivity index (χ4v) is 3.61. The molecular weight excluding hydrogens is 244 g/mol. The molecule has 3 fully saturated rings. The van der Waals surface area contributed by atoms with E-state index in [4.69, 9.17) is 5.73 Å². The van der Waals surface area contributed by atoms with Crippen LogP contribution in [0.5, 0.6) is 0 Å². The van der Waals surface area contributed by atoms with E-state index in [9.17, 15) is 9.59 Å². The molecule has 3 amide bonds. The predicted molar refractivity (Wildman–Crippen MR) is 70.4 cm³/mol. The lowest BCUT2D eigenvalue weighted by Crippen LogP contribution is -2.58. The summed E-state index contributed by atoms with van der Waals surface area (Å²) < 4.78 is 0. The fraction of sp³-hybridized carbons (Fsp3) is 0.846. The van der Waals surface area contributed by atoms with Gasteiger partial charge in [0.1, 0.15) is 0 Å². The van der Waals surface area contributed by atoms with Crippen LogP contribution in [0.4, 0.5) is 4.79 Å². The summed E-state index contributed by atoms with van der Waals surface area (Å²) in [7, 11) is 0. The molecule has 106 valence electrons. The largest absolute Gasteiger partial charge is 0.338 e. The average molecular weight is 266 g/mol. The summed E-state index contributed by atoms with van der Waals surface area (Å²) in [5.41, 5.74) is 5.72. The Labute approximate surface area is 113 Å². The van der Waals surface area contributed by atoms with E-state index in [1.165, 1.54) is 0 Å². The van der Waals surface area contributed by atoms with Crippen molar-refractivity contribution in [3.05, 3.63) is 0 Å².